The van der Waals surface area contributed by atoms with Gasteiger partial charge in [-0.2, -0.15) is 4.31 Å². The number of allylic oxidation sites excluding steroid dienone is 10. The van der Waals surface area contributed by atoms with Crippen LogP contribution in [0.4, 0.5) is 5.82 Å². The van der Waals surface area contributed by atoms with Crippen LogP contribution >= 0.6 is 35.2 Å². The van der Waals surface area contributed by atoms with Crippen LogP contribution in [0.1, 0.15) is 91.2 Å². The average molecular weight is 1100 g/mol. The summed E-state index contributed by atoms with van der Waals surface area (Å²) in [7, 11) is -16.5. The quantitative estimate of drug-likeness (QED) is 0.0265. The topological polar surface area (TPSA) is 384 Å². The first-order valence-corrected chi connectivity index (χ1v) is 28.4. The second-order valence-electron chi connectivity index (χ2n) is 16.8. The van der Waals surface area contributed by atoms with Gasteiger partial charge in [0, 0.05) is 37.1 Å². The Labute approximate surface area is 421 Å². The van der Waals surface area contributed by atoms with Crippen LogP contribution in [-0.2, 0) is 50.7 Å². The van der Waals surface area contributed by atoms with Crippen molar-refractivity contribution in [3.8, 4) is 0 Å². The van der Waals surface area contributed by atoms with Crippen molar-refractivity contribution in [2.24, 2.45) is 5.41 Å². The number of carbonyl (C=O) groups excluding carboxylic acids is 3. The number of fused-ring (bicyclic) bond motifs is 1. The number of aliphatic hydroxyl groups excluding tert-OH is 3. The summed E-state index contributed by atoms with van der Waals surface area (Å²) in [5.41, 5.74) is 4.24. The number of rotatable bonds is 34. The zero-order valence-electron chi connectivity index (χ0n) is 40.2. The second kappa shape index (κ2) is 31.2. The van der Waals surface area contributed by atoms with E-state index in [1.165, 1.54) is 13.8 Å². The van der Waals surface area contributed by atoms with Gasteiger partial charge in [0.25, 0.3) is 0 Å². The largest absolute Gasteiger partial charge is 0.481 e. The molecular formula is C43H68N7O18P3S. The van der Waals surface area contributed by atoms with Gasteiger partial charge in [0.1, 0.15) is 36.3 Å². The number of thioether (sulfide) groups is 1. The molecule has 1 aliphatic heterocycles. The molecule has 1 saturated heterocycles. The number of aromatic nitrogens is 4. The van der Waals surface area contributed by atoms with E-state index in [2.05, 4.69) is 102 Å². The number of nitrogens with one attached hydrogen (secondary N) is 2. The van der Waals surface area contributed by atoms with E-state index in [1.54, 1.807) is 0 Å². The van der Waals surface area contributed by atoms with Crippen LogP contribution in [0.3, 0.4) is 0 Å². The molecule has 2 aromatic rings. The average Bonchev–Trinajstić information content (AvgIpc) is 3.86. The Morgan fingerprint density at radius 1 is 0.889 bits per heavy atom. The predicted molar refractivity (Wildman–Crippen MR) is 266 cm³/mol. The molecule has 29 heteroatoms. The van der Waals surface area contributed by atoms with Crippen LogP contribution in [0.5, 0.6) is 0 Å². The van der Waals surface area contributed by atoms with Gasteiger partial charge in [-0.3, -0.25) is 32.5 Å². The summed E-state index contributed by atoms with van der Waals surface area (Å²) in [4.78, 5) is 88.5. The summed E-state index contributed by atoms with van der Waals surface area (Å²) >= 11 is 0.972. The lowest BCUT2D eigenvalue weighted by Gasteiger charge is -2.30. The second-order valence-corrected chi connectivity index (χ2v) is 22.2. The number of ether oxygens (including phenoxy) is 1. The van der Waals surface area contributed by atoms with Gasteiger partial charge in [0.2, 0.25) is 11.8 Å². The fourth-order valence-corrected chi connectivity index (χ4v) is 10.1. The lowest BCUT2D eigenvalue weighted by atomic mass is 9.87. The summed E-state index contributed by atoms with van der Waals surface area (Å²) < 4.78 is 62.4. The Hall–Kier alpha value is -3.78. The molecule has 2 aromatic heterocycles. The number of unbranched alkanes of at least 4 members (excludes halogenated alkanes) is 1. The predicted octanol–water partition coefficient (Wildman–Crippen LogP) is 4.34. The minimum atomic E-state index is -5.59. The molecule has 0 aliphatic carbocycles. The molecule has 3 heterocycles. The zero-order valence-corrected chi connectivity index (χ0v) is 43.7. The SMILES string of the molecule is CC/C=C\C/C=C\C/C=C\C/C=C\C/C=C/CCCC(O)CC(=O)SCCNC(=O)CCNC(=O)[C@H](O)C(C)(C)COP(=O)(O)OP(=O)(O)OC[C@H]1O[C@@H](n2cnc3c(N)ncnc32)[C@H](O)[C@@H]1OP(=O)(O)O. The molecule has 25 nitrogen and oxygen atoms in total. The fraction of sp³-hybridized carbons (Fsp3) is 0.581. The number of phosphoric ester groups is 3. The van der Waals surface area contributed by atoms with Gasteiger partial charge in [-0.15, -0.1) is 0 Å². The first kappa shape index (κ1) is 62.5. The summed E-state index contributed by atoms with van der Waals surface area (Å²) in [5, 5.41) is 36.6. The number of nitrogens with zero attached hydrogens (tertiary/aromatic N) is 4. The van der Waals surface area contributed by atoms with Crippen molar-refractivity contribution in [1.82, 2.24) is 30.2 Å². The van der Waals surface area contributed by atoms with E-state index < -0.39 is 90.7 Å². The number of anilines is 1. The molecular weight excluding hydrogens is 1030 g/mol. The molecule has 404 valence electrons. The van der Waals surface area contributed by atoms with Crippen LogP contribution < -0.4 is 16.4 Å². The smallest absolute Gasteiger partial charge is 0.393 e. The van der Waals surface area contributed by atoms with Crippen molar-refractivity contribution in [3.05, 3.63) is 73.4 Å². The Morgan fingerprint density at radius 3 is 2.12 bits per heavy atom. The van der Waals surface area contributed by atoms with Crippen molar-refractivity contribution in [3.63, 3.8) is 0 Å². The van der Waals surface area contributed by atoms with Gasteiger partial charge < -0.3 is 56.0 Å². The van der Waals surface area contributed by atoms with Crippen LogP contribution in [0, 0.1) is 5.41 Å². The third kappa shape index (κ3) is 23.6. The van der Waals surface area contributed by atoms with Crippen molar-refractivity contribution in [1.29, 1.82) is 0 Å². The minimum absolute atomic E-state index is 0.0217. The lowest BCUT2D eigenvalue weighted by molar-refractivity contribution is -0.137. The highest BCUT2D eigenvalue weighted by Crippen LogP contribution is 2.61. The Balaban J connectivity index is 1.29. The Kier molecular flexibility index (Phi) is 27.1. The number of imidazole rings is 1. The van der Waals surface area contributed by atoms with Gasteiger partial charge >= 0.3 is 23.5 Å². The molecule has 0 bridgehead atoms. The third-order valence-corrected chi connectivity index (χ3v) is 14.2. The van der Waals surface area contributed by atoms with Crippen LogP contribution in [0.15, 0.2) is 73.4 Å². The lowest BCUT2D eigenvalue weighted by Crippen LogP contribution is -2.46. The van der Waals surface area contributed by atoms with Crippen LogP contribution in [-0.4, -0.2) is 134 Å². The van der Waals surface area contributed by atoms with Crippen LogP contribution in [0.2, 0.25) is 0 Å². The van der Waals surface area contributed by atoms with Gasteiger partial charge in [0.15, 0.2) is 22.8 Å². The molecule has 2 amide bonds. The number of amides is 2. The maximum absolute atomic E-state index is 12.8. The Bertz CT molecular complexity index is 2340. The molecule has 0 radical (unpaired) electrons. The van der Waals surface area contributed by atoms with Gasteiger partial charge in [0.05, 0.1) is 25.6 Å². The number of aliphatic hydroxyl groups is 3. The standard InChI is InChI=1S/C43H68N7O18P3S/c1-4-5-6-7-8-9-10-11-12-13-14-15-16-17-18-19-20-21-31(51)26-34(53)72-25-24-45-33(52)22-23-46-41(56)38(55)43(2,3)28-65-71(62,63)68-70(60,61)64-27-32-37(67-69(57,58)59)36(54)42(66-32)50-30-49-35-39(44)47-29-48-40(35)50/h5-6,8-9,11-12,14-15,17-18,29-32,36-38,42,51,54-55H,4,7,10,13,16,19-28H2,1-3H3,(H,45,52)(H,46,56)(H,60,61)(H,62,63)(H2,44,47,48)(H2,57,58,59)/b6-5-,9-8-,12-11-,15-14-,18-17+/t31?,32-,36-,37-,38+,42-/m1/s1. The first-order chi connectivity index (χ1) is 33.9. The van der Waals surface area contributed by atoms with E-state index in [9.17, 15) is 63.0 Å². The Morgan fingerprint density at radius 2 is 1.50 bits per heavy atom. The molecule has 0 saturated carbocycles. The minimum Gasteiger partial charge on any atom is -0.393 e. The normalized spacial score (nSPS) is 20.5. The maximum Gasteiger partial charge on any atom is 0.481 e. The zero-order chi connectivity index (χ0) is 53.4. The number of nitrogens with two attached hydrogens (primary N) is 1. The van der Waals surface area contributed by atoms with Crippen molar-refractivity contribution in [2.45, 2.75) is 122 Å². The number of hydrogen-bond acceptors (Lipinski definition) is 19. The van der Waals surface area contributed by atoms with E-state index in [-0.39, 0.29) is 53.8 Å². The summed E-state index contributed by atoms with van der Waals surface area (Å²) in [5.74, 6) is -1.27. The van der Waals surface area contributed by atoms with Gasteiger partial charge in [-0.25, -0.2) is 28.6 Å². The molecule has 3 rings (SSSR count). The van der Waals surface area contributed by atoms with Crippen molar-refractivity contribution < 1.29 is 85.6 Å². The maximum atomic E-state index is 12.8. The summed E-state index contributed by atoms with van der Waals surface area (Å²) in [6.07, 6.45) is 20.1. The highest BCUT2D eigenvalue weighted by Gasteiger charge is 2.50. The molecule has 0 spiro atoms. The number of hydrogen-bond donors (Lipinski definition) is 10. The number of nitrogen functional groups attached to an aromatic ring is 1. The molecule has 72 heavy (non-hydrogen) atoms. The molecule has 1 aliphatic rings. The highest BCUT2D eigenvalue weighted by atomic mass is 32.2. The van der Waals surface area contributed by atoms with E-state index in [4.69, 9.17) is 19.5 Å². The third-order valence-electron chi connectivity index (χ3n) is 10.2. The summed E-state index contributed by atoms with van der Waals surface area (Å²) in [6.45, 7) is 2.46. The first-order valence-electron chi connectivity index (χ1n) is 22.9. The van der Waals surface area contributed by atoms with Gasteiger partial charge in [-0.1, -0.05) is 93.3 Å². The van der Waals surface area contributed by atoms with Gasteiger partial charge in [-0.05, 0) is 51.4 Å². The molecule has 8 atom stereocenters. The van der Waals surface area contributed by atoms with Crippen LogP contribution in [0.25, 0.3) is 11.2 Å². The van der Waals surface area contributed by atoms with E-state index in [1.807, 2.05) is 0 Å². The van der Waals surface area contributed by atoms with Crippen molar-refractivity contribution in [2.75, 3.05) is 37.8 Å². The van der Waals surface area contributed by atoms with E-state index >= 15 is 0 Å². The monoisotopic (exact) mass is 1100 g/mol. The highest BCUT2D eigenvalue weighted by molar-refractivity contribution is 8.13. The molecule has 3 unspecified atom stereocenters. The molecule has 0 aromatic carbocycles. The van der Waals surface area contributed by atoms with E-state index in [0.717, 1.165) is 73.9 Å². The molecule has 11 N–H and O–H groups in total. The number of carbonyl (C=O) groups is 3. The molecule has 1 fully saturated rings. The fourth-order valence-electron chi connectivity index (χ4n) is 6.49. The van der Waals surface area contributed by atoms with E-state index in [0.29, 0.717) is 6.42 Å². The number of phosphoric acid groups is 3. The van der Waals surface area contributed by atoms with Crippen molar-refractivity contribution >= 4 is 69.1 Å². The summed E-state index contributed by atoms with van der Waals surface area (Å²) in [6, 6.07) is 0.